The number of hydrogen-bond acceptors (Lipinski definition) is 5. The van der Waals surface area contributed by atoms with Gasteiger partial charge in [0.2, 0.25) is 5.91 Å². The average Bonchev–Trinajstić information content (AvgIpc) is 3.16. The number of nitrogens with zero attached hydrogens (tertiary/aromatic N) is 1. The van der Waals surface area contributed by atoms with Gasteiger partial charge in [-0.1, -0.05) is 48.5 Å². The fourth-order valence-electron chi connectivity index (χ4n) is 4.20. The Balaban J connectivity index is 1.60. The van der Waals surface area contributed by atoms with E-state index in [2.05, 4.69) is 16.0 Å². The molecule has 1 aliphatic rings. The first-order valence-electron chi connectivity index (χ1n) is 12.0. The highest BCUT2D eigenvalue weighted by molar-refractivity contribution is 8.00. The van der Waals surface area contributed by atoms with Crippen molar-refractivity contribution in [1.29, 1.82) is 0 Å². The first-order chi connectivity index (χ1) is 17.0. The molecule has 8 nitrogen and oxygen atoms in total. The lowest BCUT2D eigenvalue weighted by Crippen LogP contribution is -2.58. The summed E-state index contributed by atoms with van der Waals surface area (Å²) in [4.78, 5) is 40.2. The molecule has 36 heavy (non-hydrogen) atoms. The molecule has 0 spiro atoms. The van der Waals surface area contributed by atoms with Crippen molar-refractivity contribution in [3.8, 4) is 0 Å². The van der Waals surface area contributed by atoms with E-state index in [1.165, 1.54) is 16.7 Å². The number of amides is 4. The van der Waals surface area contributed by atoms with Crippen LogP contribution in [0.15, 0.2) is 48.5 Å². The fourth-order valence-corrected chi connectivity index (χ4v) is 5.34. The predicted octanol–water partition coefficient (Wildman–Crippen LogP) is 2.85. The Morgan fingerprint density at radius 1 is 1.00 bits per heavy atom. The van der Waals surface area contributed by atoms with Crippen LogP contribution in [0.1, 0.15) is 43.0 Å². The van der Waals surface area contributed by atoms with E-state index in [1.807, 2.05) is 76.2 Å². The van der Waals surface area contributed by atoms with Gasteiger partial charge in [-0.05, 0) is 56.9 Å². The molecule has 4 amide bonds. The molecule has 1 aliphatic heterocycles. The van der Waals surface area contributed by atoms with Gasteiger partial charge in [0.15, 0.2) is 6.10 Å². The Kier molecular flexibility index (Phi) is 9.03. The zero-order valence-electron chi connectivity index (χ0n) is 21.5. The van der Waals surface area contributed by atoms with Crippen LogP contribution in [0.4, 0.5) is 4.79 Å². The molecule has 0 aliphatic carbocycles. The van der Waals surface area contributed by atoms with Crippen LogP contribution in [-0.2, 0) is 22.7 Å². The minimum atomic E-state index is -1.49. The highest BCUT2D eigenvalue weighted by Gasteiger charge is 2.49. The first kappa shape index (κ1) is 27.5. The molecule has 1 heterocycles. The van der Waals surface area contributed by atoms with E-state index in [4.69, 9.17) is 0 Å². The molecular formula is C27H36N4O4S. The molecular weight excluding hydrogens is 476 g/mol. The number of hydrogen-bond donors (Lipinski definition) is 4. The Labute approximate surface area is 217 Å². The van der Waals surface area contributed by atoms with Crippen LogP contribution < -0.4 is 16.0 Å². The number of aryl methyl sites for hydroxylation is 2. The van der Waals surface area contributed by atoms with Gasteiger partial charge in [-0.3, -0.25) is 9.59 Å². The zero-order chi connectivity index (χ0) is 26.5. The van der Waals surface area contributed by atoms with Crippen LogP contribution in [-0.4, -0.2) is 56.7 Å². The minimum Gasteiger partial charge on any atom is -0.381 e. The third kappa shape index (κ3) is 6.59. The van der Waals surface area contributed by atoms with Crippen molar-refractivity contribution in [2.75, 3.05) is 5.88 Å². The van der Waals surface area contributed by atoms with Crippen LogP contribution in [0.3, 0.4) is 0 Å². The maximum absolute atomic E-state index is 13.2. The van der Waals surface area contributed by atoms with E-state index in [-0.39, 0.29) is 11.8 Å². The summed E-state index contributed by atoms with van der Waals surface area (Å²) in [6.07, 6.45) is -1.49. The second kappa shape index (κ2) is 11.8. The quantitative estimate of drug-likeness (QED) is 0.435. The van der Waals surface area contributed by atoms with Crippen molar-refractivity contribution >= 4 is 29.6 Å². The number of aliphatic hydroxyl groups excluding tert-OH is 1. The lowest BCUT2D eigenvalue weighted by Gasteiger charge is -2.32. The number of aliphatic hydroxyl groups is 1. The van der Waals surface area contributed by atoms with Gasteiger partial charge in [0.1, 0.15) is 6.04 Å². The number of thioether (sulfide) groups is 1. The van der Waals surface area contributed by atoms with Gasteiger partial charge in [-0.15, -0.1) is 11.8 Å². The summed E-state index contributed by atoms with van der Waals surface area (Å²) in [5.41, 5.74) is 4.11. The normalized spacial score (nSPS) is 18.3. The van der Waals surface area contributed by atoms with Crippen molar-refractivity contribution in [2.45, 2.75) is 70.6 Å². The van der Waals surface area contributed by atoms with E-state index >= 15 is 0 Å². The second-order valence-corrected chi connectivity index (χ2v) is 11.3. The monoisotopic (exact) mass is 512 g/mol. The molecule has 4 N–H and O–H groups in total. The number of rotatable bonds is 8. The summed E-state index contributed by atoms with van der Waals surface area (Å²) in [6, 6.07) is 13.4. The van der Waals surface area contributed by atoms with Crippen LogP contribution in [0.25, 0.3) is 0 Å². The molecule has 0 saturated carbocycles. The Bertz CT molecular complexity index is 1110. The number of benzene rings is 2. The fraction of sp³-hybridized carbons (Fsp3) is 0.444. The largest absolute Gasteiger partial charge is 0.381 e. The second-order valence-electron chi connectivity index (χ2n) is 9.72. The van der Waals surface area contributed by atoms with Crippen LogP contribution >= 0.6 is 11.8 Å². The van der Waals surface area contributed by atoms with Crippen molar-refractivity contribution in [3.05, 3.63) is 70.8 Å². The number of urea groups is 1. The highest BCUT2D eigenvalue weighted by atomic mass is 32.2. The predicted molar refractivity (Wildman–Crippen MR) is 142 cm³/mol. The van der Waals surface area contributed by atoms with E-state index < -0.39 is 34.9 Å². The van der Waals surface area contributed by atoms with Crippen LogP contribution in [0, 0.1) is 13.8 Å². The van der Waals surface area contributed by atoms with Gasteiger partial charge in [-0.25, -0.2) is 4.79 Å². The lowest BCUT2D eigenvalue weighted by atomic mass is 9.99. The molecule has 1 saturated heterocycles. The van der Waals surface area contributed by atoms with Crippen molar-refractivity contribution < 1.29 is 19.5 Å². The molecule has 0 bridgehead atoms. The first-order valence-corrected chi connectivity index (χ1v) is 13.0. The van der Waals surface area contributed by atoms with E-state index in [9.17, 15) is 19.5 Å². The average molecular weight is 513 g/mol. The van der Waals surface area contributed by atoms with Crippen molar-refractivity contribution in [1.82, 2.24) is 20.9 Å². The maximum atomic E-state index is 13.2. The topological polar surface area (TPSA) is 111 Å². The van der Waals surface area contributed by atoms with Gasteiger partial charge >= 0.3 is 6.03 Å². The van der Waals surface area contributed by atoms with Gasteiger partial charge < -0.3 is 26.0 Å². The molecule has 9 heteroatoms. The Hall–Kier alpha value is -3.04. The van der Waals surface area contributed by atoms with Gasteiger partial charge in [0.25, 0.3) is 5.91 Å². The highest BCUT2D eigenvalue weighted by Crippen LogP contribution is 2.39. The Morgan fingerprint density at radius 2 is 1.53 bits per heavy atom. The summed E-state index contributed by atoms with van der Waals surface area (Å²) in [5, 5.41) is 19.1. The lowest BCUT2D eigenvalue weighted by molar-refractivity contribution is -0.147. The van der Waals surface area contributed by atoms with Crippen molar-refractivity contribution in [3.63, 3.8) is 0 Å². The van der Waals surface area contributed by atoms with E-state index in [1.54, 1.807) is 6.92 Å². The molecule has 3 unspecified atom stereocenters. The van der Waals surface area contributed by atoms with Crippen LogP contribution in [0.5, 0.6) is 0 Å². The molecule has 3 atom stereocenters. The van der Waals surface area contributed by atoms with Crippen molar-refractivity contribution in [2.24, 2.45) is 0 Å². The summed E-state index contributed by atoms with van der Waals surface area (Å²) >= 11 is 1.48. The van der Waals surface area contributed by atoms with Gasteiger partial charge in [0, 0.05) is 17.8 Å². The Morgan fingerprint density at radius 3 is 2.08 bits per heavy atom. The molecule has 194 valence electrons. The number of nitrogens with one attached hydrogen (secondary N) is 3. The zero-order valence-corrected chi connectivity index (χ0v) is 22.3. The summed E-state index contributed by atoms with van der Waals surface area (Å²) < 4.78 is -0.535. The molecule has 1 fully saturated rings. The standard InChI is InChI=1S/C27H36N4O4S/c1-17-10-6-8-12-20(17)14-28-24(33)23-27(4,5)36-16-31(23)25(34)22(32)19(3)30-26(35)29-15-21-13-9-7-11-18(21)2/h6-13,19,22-23,32H,14-16H2,1-5H3,(H,28,33)(H2,29,30,35). The summed E-state index contributed by atoms with van der Waals surface area (Å²) in [6.45, 7) is 10.0. The molecule has 2 aromatic carbocycles. The number of carbonyl (C=O) groups excluding carboxylic acids is 3. The molecule has 0 aromatic heterocycles. The summed E-state index contributed by atoms with van der Waals surface area (Å²) in [5.74, 6) is -0.585. The maximum Gasteiger partial charge on any atom is 0.315 e. The van der Waals surface area contributed by atoms with Gasteiger partial charge in [-0.2, -0.15) is 0 Å². The van der Waals surface area contributed by atoms with Gasteiger partial charge in [0.05, 0.1) is 11.9 Å². The van der Waals surface area contributed by atoms with E-state index in [0.29, 0.717) is 13.1 Å². The molecule has 3 rings (SSSR count). The van der Waals surface area contributed by atoms with Crippen LogP contribution in [0.2, 0.25) is 0 Å². The number of carbonyl (C=O) groups is 3. The summed E-state index contributed by atoms with van der Waals surface area (Å²) in [7, 11) is 0. The third-order valence-electron chi connectivity index (χ3n) is 6.58. The molecule has 2 aromatic rings. The third-order valence-corrected chi connectivity index (χ3v) is 7.95. The minimum absolute atomic E-state index is 0.273. The molecule has 0 radical (unpaired) electrons. The SMILES string of the molecule is Cc1ccccc1CNC(=O)NC(C)C(O)C(=O)N1CSC(C)(C)C1C(=O)NCc1ccccc1C. The van der Waals surface area contributed by atoms with E-state index in [0.717, 1.165) is 22.3 Å². The smallest absolute Gasteiger partial charge is 0.315 e.